The van der Waals surface area contributed by atoms with E-state index in [0.717, 1.165) is 56.3 Å². The summed E-state index contributed by atoms with van der Waals surface area (Å²) in [7, 11) is 0. The van der Waals surface area contributed by atoms with E-state index in [1.165, 1.54) is 127 Å². The maximum atomic E-state index is 13.9. The van der Waals surface area contributed by atoms with Gasteiger partial charge < -0.3 is 63.6 Å². The topological polar surface area (TPSA) is 327 Å². The van der Waals surface area contributed by atoms with Gasteiger partial charge in [0.05, 0.1) is 72.2 Å². The SMILES string of the molecule is CCCCCCCCCCCCCCCC(=O)OCC(COC(C)=O)(COC(=O)CCCCCCCCCCCCCCC)C(=O)OCCCCCCOCCOCCOCCOC(=O)CNC(CC(=O)O)CN(CCN(CC(=O)O)CC(=O)O)CC(=O)O. The van der Waals surface area contributed by atoms with E-state index in [2.05, 4.69) is 19.2 Å². The number of carboxylic acids is 4. The van der Waals surface area contributed by atoms with Crippen molar-refractivity contribution in [2.24, 2.45) is 5.41 Å². The molecule has 0 aliphatic carbocycles. The normalized spacial score (nSPS) is 11.8. The van der Waals surface area contributed by atoms with Gasteiger partial charge in [0.2, 0.25) is 0 Å². The summed E-state index contributed by atoms with van der Waals surface area (Å²) >= 11 is 0. The summed E-state index contributed by atoms with van der Waals surface area (Å²) in [5.74, 6) is -8.15. The van der Waals surface area contributed by atoms with Gasteiger partial charge in [0.15, 0.2) is 5.41 Å². The standard InChI is InChI=1S/C65H117N3O21/c1-4-6-8-10-12-14-16-18-20-22-24-26-30-34-61(78)88-53-65(52-87-55(3)69,54-89-62(79)35-31-27-25-23-21-19-17-15-13-11-9-7-5-2)64(81)86-39-33-29-28-32-38-82-40-41-83-42-43-84-44-45-85-63(80)47-66-56(46-57(70)71)48-67(49-58(72)73)36-37-68(50-59(74)75)51-60(76)77/h56,66H,4-54H2,1-3H3,(H,70,71)(H,72,73)(H,74,75)(H,76,77). The quantitative estimate of drug-likeness (QED) is 0.0215. The van der Waals surface area contributed by atoms with Gasteiger partial charge in [-0.05, 0) is 32.1 Å². The first-order valence-corrected chi connectivity index (χ1v) is 33.5. The lowest BCUT2D eigenvalue weighted by molar-refractivity contribution is -0.179. The molecule has 0 saturated carbocycles. The molecule has 0 heterocycles. The van der Waals surface area contributed by atoms with Gasteiger partial charge in [-0.15, -0.1) is 0 Å². The van der Waals surface area contributed by atoms with E-state index in [1.807, 2.05) is 0 Å². The van der Waals surface area contributed by atoms with Crippen molar-refractivity contribution in [3.8, 4) is 0 Å². The minimum atomic E-state index is -1.74. The molecule has 24 nitrogen and oxygen atoms in total. The van der Waals surface area contributed by atoms with Crippen molar-refractivity contribution in [2.75, 3.05) is 118 Å². The molecule has 0 saturated heterocycles. The molecule has 0 radical (unpaired) electrons. The van der Waals surface area contributed by atoms with Crippen LogP contribution in [0.1, 0.15) is 233 Å². The minimum absolute atomic E-state index is 0.0451. The summed E-state index contributed by atoms with van der Waals surface area (Å²) in [6.45, 7) is 3.28. The number of carbonyl (C=O) groups is 9. The highest BCUT2D eigenvalue weighted by molar-refractivity contribution is 5.80. The maximum absolute atomic E-state index is 13.9. The summed E-state index contributed by atoms with van der Waals surface area (Å²) in [6, 6.07) is -0.908. The summed E-state index contributed by atoms with van der Waals surface area (Å²) in [5, 5.41) is 39.7. The minimum Gasteiger partial charge on any atom is -0.481 e. The Kier molecular flexibility index (Phi) is 56.0. The Hall–Kier alpha value is -5.01. The molecule has 0 fully saturated rings. The summed E-state index contributed by atoms with van der Waals surface area (Å²) in [4.78, 5) is 112. The third-order valence-electron chi connectivity index (χ3n) is 14.9. The van der Waals surface area contributed by atoms with Crippen LogP contribution in [0.3, 0.4) is 0 Å². The predicted molar refractivity (Wildman–Crippen MR) is 334 cm³/mol. The number of unbranched alkanes of at least 4 members (excludes halogenated alkanes) is 27. The molecule has 0 amide bonds. The van der Waals surface area contributed by atoms with Crippen LogP contribution >= 0.6 is 0 Å². The molecule has 518 valence electrons. The molecule has 1 unspecified atom stereocenters. The average molecular weight is 1280 g/mol. The number of esters is 5. The molecule has 0 aromatic carbocycles. The number of nitrogens with one attached hydrogen (secondary N) is 1. The summed E-state index contributed by atoms with van der Waals surface area (Å²) in [6.07, 6.45) is 33.0. The van der Waals surface area contributed by atoms with Gasteiger partial charge in [-0.2, -0.15) is 0 Å². The summed E-state index contributed by atoms with van der Waals surface area (Å²) in [5.41, 5.74) is -1.74. The van der Waals surface area contributed by atoms with E-state index < -0.39 is 118 Å². The molecule has 0 spiro atoms. The third-order valence-corrected chi connectivity index (χ3v) is 14.9. The molecule has 0 rings (SSSR count). The van der Waals surface area contributed by atoms with Gasteiger partial charge in [-0.1, -0.05) is 174 Å². The molecule has 1 atom stereocenters. The van der Waals surface area contributed by atoms with E-state index in [9.17, 15) is 53.4 Å². The lowest BCUT2D eigenvalue weighted by Crippen LogP contribution is -2.48. The number of hydrogen-bond acceptors (Lipinski definition) is 20. The number of aliphatic carboxylic acids is 4. The van der Waals surface area contributed by atoms with E-state index in [4.69, 9.17) is 48.1 Å². The molecule has 0 aromatic heterocycles. The Morgan fingerprint density at radius 2 is 0.742 bits per heavy atom. The molecule has 0 bridgehead atoms. The fourth-order valence-corrected chi connectivity index (χ4v) is 9.74. The van der Waals surface area contributed by atoms with Crippen molar-refractivity contribution < 1.29 is 101 Å². The van der Waals surface area contributed by atoms with Crippen LogP contribution in [-0.2, 0) is 81.0 Å². The Morgan fingerprint density at radius 3 is 1.16 bits per heavy atom. The summed E-state index contributed by atoms with van der Waals surface area (Å²) < 4.78 is 44.2. The maximum Gasteiger partial charge on any atom is 0.322 e. The predicted octanol–water partition coefficient (Wildman–Crippen LogP) is 9.57. The second-order valence-electron chi connectivity index (χ2n) is 23.3. The van der Waals surface area contributed by atoms with Crippen LogP contribution in [0.15, 0.2) is 0 Å². The van der Waals surface area contributed by atoms with Crippen molar-refractivity contribution >= 4 is 53.7 Å². The number of ether oxygens (including phenoxy) is 8. The van der Waals surface area contributed by atoms with Crippen molar-refractivity contribution in [2.45, 2.75) is 239 Å². The second kappa shape index (κ2) is 59.3. The second-order valence-corrected chi connectivity index (χ2v) is 23.3. The van der Waals surface area contributed by atoms with E-state index >= 15 is 0 Å². The number of rotatable bonds is 67. The van der Waals surface area contributed by atoms with Crippen LogP contribution in [0.25, 0.3) is 0 Å². The Morgan fingerprint density at radius 1 is 0.382 bits per heavy atom. The zero-order valence-corrected chi connectivity index (χ0v) is 54.8. The number of nitrogens with zero attached hydrogens (tertiary/aromatic N) is 2. The highest BCUT2D eigenvalue weighted by Crippen LogP contribution is 2.25. The van der Waals surface area contributed by atoms with Crippen LogP contribution < -0.4 is 5.32 Å². The Balaban J connectivity index is 4.84. The number of carboxylic acid groups (broad SMARTS) is 4. The van der Waals surface area contributed by atoms with Gasteiger partial charge in [-0.25, -0.2) is 0 Å². The first kappa shape index (κ1) is 84.0. The van der Waals surface area contributed by atoms with E-state index in [0.29, 0.717) is 45.5 Å². The zero-order chi connectivity index (χ0) is 65.9. The number of carbonyl (C=O) groups excluding carboxylic acids is 5. The van der Waals surface area contributed by atoms with Gasteiger partial charge in [0.25, 0.3) is 0 Å². The van der Waals surface area contributed by atoms with Crippen LogP contribution in [0.5, 0.6) is 0 Å². The molecule has 89 heavy (non-hydrogen) atoms. The van der Waals surface area contributed by atoms with Crippen molar-refractivity contribution in [1.29, 1.82) is 0 Å². The first-order chi connectivity index (χ1) is 42.9. The molecule has 0 aliphatic rings. The van der Waals surface area contributed by atoms with E-state index in [-0.39, 0.29) is 65.5 Å². The molecular weight excluding hydrogens is 1160 g/mol. The third kappa shape index (κ3) is 55.6. The largest absolute Gasteiger partial charge is 0.481 e. The molecule has 0 aromatic rings. The zero-order valence-electron chi connectivity index (χ0n) is 54.8. The van der Waals surface area contributed by atoms with Gasteiger partial charge in [-0.3, -0.25) is 53.0 Å². The average Bonchev–Trinajstić information content (AvgIpc) is 2.39. The molecule has 0 aliphatic heterocycles. The lowest BCUT2D eigenvalue weighted by Gasteiger charge is -2.30. The Labute approximate surface area is 531 Å². The van der Waals surface area contributed by atoms with Crippen LogP contribution in [0.2, 0.25) is 0 Å². The van der Waals surface area contributed by atoms with Crippen LogP contribution in [0, 0.1) is 5.41 Å². The van der Waals surface area contributed by atoms with E-state index in [1.54, 1.807) is 0 Å². The molecular formula is C65H117N3O21. The van der Waals surface area contributed by atoms with Crippen molar-refractivity contribution in [3.05, 3.63) is 0 Å². The molecule has 5 N–H and O–H groups in total. The number of hydrogen-bond donors (Lipinski definition) is 5. The first-order valence-electron chi connectivity index (χ1n) is 33.5. The van der Waals surface area contributed by atoms with Crippen molar-refractivity contribution in [3.63, 3.8) is 0 Å². The monoisotopic (exact) mass is 1280 g/mol. The van der Waals surface area contributed by atoms with Crippen LogP contribution in [-0.4, -0.2) is 208 Å². The Bertz CT molecular complexity index is 1800. The fraction of sp³-hybridized carbons (Fsp3) is 0.862. The smallest absolute Gasteiger partial charge is 0.322 e. The van der Waals surface area contributed by atoms with Gasteiger partial charge in [0, 0.05) is 52.0 Å². The van der Waals surface area contributed by atoms with Gasteiger partial charge in [0.1, 0.15) is 26.4 Å². The van der Waals surface area contributed by atoms with Gasteiger partial charge >= 0.3 is 53.7 Å². The highest BCUT2D eigenvalue weighted by atomic mass is 16.6. The lowest BCUT2D eigenvalue weighted by atomic mass is 9.91. The van der Waals surface area contributed by atoms with Crippen molar-refractivity contribution in [1.82, 2.24) is 15.1 Å². The highest BCUT2D eigenvalue weighted by Gasteiger charge is 2.45. The van der Waals surface area contributed by atoms with Crippen LogP contribution in [0.4, 0.5) is 0 Å². The fourth-order valence-electron chi connectivity index (χ4n) is 9.74. The molecule has 24 heteroatoms.